The second-order valence-corrected chi connectivity index (χ2v) is 10.1. The Labute approximate surface area is 170 Å². The number of hydrogen-bond acceptors (Lipinski definition) is 5. The molecular formula is C19H28N4O3S2. The number of carbonyl (C=O) groups excluding carboxylic acids is 1. The molecule has 2 aromatic heterocycles. The summed E-state index contributed by atoms with van der Waals surface area (Å²) in [5, 5.41) is 0.658. The molecule has 1 amide bonds. The third-order valence-electron chi connectivity index (χ3n) is 5.11. The lowest BCUT2D eigenvalue weighted by atomic mass is 10.1. The zero-order valence-electron chi connectivity index (χ0n) is 16.9. The molecule has 9 heteroatoms. The third-order valence-corrected chi connectivity index (χ3v) is 7.84. The van der Waals surface area contributed by atoms with Crippen LogP contribution in [0.15, 0.2) is 17.2 Å². The Balaban J connectivity index is 1.89. The van der Waals surface area contributed by atoms with Gasteiger partial charge in [-0.25, -0.2) is 18.1 Å². The Morgan fingerprint density at radius 3 is 2.64 bits per heavy atom. The van der Waals surface area contributed by atoms with Crippen LogP contribution in [-0.2, 0) is 17.1 Å². The van der Waals surface area contributed by atoms with Gasteiger partial charge in [-0.05, 0) is 45.6 Å². The second-order valence-electron chi connectivity index (χ2n) is 7.39. The molecule has 1 aliphatic heterocycles. The minimum atomic E-state index is -3.59. The molecule has 1 fully saturated rings. The van der Waals surface area contributed by atoms with Gasteiger partial charge in [0.05, 0.1) is 11.4 Å². The first kappa shape index (κ1) is 21.0. The summed E-state index contributed by atoms with van der Waals surface area (Å²) in [5.74, 6) is 0.0291. The van der Waals surface area contributed by atoms with Crippen molar-refractivity contribution in [1.29, 1.82) is 0 Å². The number of nitrogens with zero attached hydrogens (tertiary/aromatic N) is 3. The molecule has 1 atom stereocenters. The van der Waals surface area contributed by atoms with E-state index in [1.165, 1.54) is 17.8 Å². The van der Waals surface area contributed by atoms with E-state index < -0.39 is 10.0 Å². The Bertz CT molecular complexity index is 956. The number of hydrogen-bond donors (Lipinski definition) is 1. The fourth-order valence-electron chi connectivity index (χ4n) is 3.26. The third kappa shape index (κ3) is 4.31. The minimum absolute atomic E-state index is 0.0291. The van der Waals surface area contributed by atoms with Gasteiger partial charge in [-0.3, -0.25) is 4.79 Å². The van der Waals surface area contributed by atoms with E-state index in [4.69, 9.17) is 0 Å². The Kier molecular flexibility index (Phi) is 6.26. The van der Waals surface area contributed by atoms with Crippen molar-refractivity contribution in [3.05, 3.63) is 22.8 Å². The number of aromatic nitrogens is 2. The summed E-state index contributed by atoms with van der Waals surface area (Å²) < 4.78 is 29.6. The average Bonchev–Trinajstić information content (AvgIpc) is 3.24. The zero-order valence-corrected chi connectivity index (χ0v) is 18.5. The molecule has 1 N–H and O–H groups in total. The highest BCUT2D eigenvalue weighted by atomic mass is 32.2. The van der Waals surface area contributed by atoms with Crippen LogP contribution in [-0.4, -0.2) is 47.9 Å². The average molecular weight is 425 g/mol. The van der Waals surface area contributed by atoms with Crippen LogP contribution in [0.25, 0.3) is 10.7 Å². The summed E-state index contributed by atoms with van der Waals surface area (Å²) in [7, 11) is -1.80. The smallest absolute Gasteiger partial charge is 0.265 e. The molecule has 0 unspecified atom stereocenters. The molecule has 1 aliphatic rings. The number of amides is 1. The number of nitrogens with one attached hydrogen (secondary N) is 1. The highest BCUT2D eigenvalue weighted by Gasteiger charge is 2.25. The first-order chi connectivity index (χ1) is 13.2. The molecule has 0 saturated carbocycles. The van der Waals surface area contributed by atoms with Crippen molar-refractivity contribution in [2.24, 2.45) is 7.05 Å². The van der Waals surface area contributed by atoms with Crippen molar-refractivity contribution >= 4 is 27.3 Å². The van der Waals surface area contributed by atoms with Crippen LogP contribution < -0.4 is 4.72 Å². The van der Waals surface area contributed by atoms with E-state index in [2.05, 4.69) is 9.71 Å². The van der Waals surface area contributed by atoms with E-state index in [0.29, 0.717) is 27.7 Å². The van der Waals surface area contributed by atoms with Gasteiger partial charge in [0.25, 0.3) is 5.91 Å². The van der Waals surface area contributed by atoms with Gasteiger partial charge in [0.1, 0.15) is 14.8 Å². The normalized spacial score (nSPS) is 16.4. The van der Waals surface area contributed by atoms with Crippen LogP contribution in [0.1, 0.15) is 54.9 Å². The fourth-order valence-corrected chi connectivity index (χ4v) is 5.74. The Hall–Kier alpha value is -1.71. The van der Waals surface area contributed by atoms with Gasteiger partial charge in [0.2, 0.25) is 10.0 Å². The largest absolute Gasteiger partial charge is 0.347 e. The maximum atomic E-state index is 12.9. The number of thiazole rings is 1. The number of likely N-dealkylation sites (tertiary alicyclic amines) is 1. The molecule has 2 aromatic rings. The van der Waals surface area contributed by atoms with Crippen molar-refractivity contribution in [3.63, 3.8) is 0 Å². The Morgan fingerprint density at radius 2 is 2.00 bits per heavy atom. The number of piperidine rings is 1. The first-order valence-corrected chi connectivity index (χ1v) is 12.0. The van der Waals surface area contributed by atoms with Gasteiger partial charge in [-0.1, -0.05) is 6.92 Å². The molecule has 0 aromatic carbocycles. The molecule has 28 heavy (non-hydrogen) atoms. The quantitative estimate of drug-likeness (QED) is 0.772. The van der Waals surface area contributed by atoms with Gasteiger partial charge in [0, 0.05) is 32.4 Å². The molecule has 7 nitrogen and oxygen atoms in total. The molecule has 0 bridgehead atoms. The van der Waals surface area contributed by atoms with E-state index in [-0.39, 0.29) is 16.8 Å². The van der Waals surface area contributed by atoms with Gasteiger partial charge < -0.3 is 9.47 Å². The van der Waals surface area contributed by atoms with Crippen molar-refractivity contribution in [2.75, 3.05) is 13.1 Å². The van der Waals surface area contributed by atoms with Crippen LogP contribution in [0.5, 0.6) is 0 Å². The maximum absolute atomic E-state index is 12.9. The van der Waals surface area contributed by atoms with E-state index in [1.54, 1.807) is 23.9 Å². The molecular weight excluding hydrogens is 396 g/mol. The van der Waals surface area contributed by atoms with Gasteiger partial charge in [0.15, 0.2) is 0 Å². The molecule has 154 valence electrons. The van der Waals surface area contributed by atoms with E-state index >= 15 is 0 Å². The van der Waals surface area contributed by atoms with Crippen LogP contribution >= 0.6 is 11.3 Å². The molecule has 1 saturated heterocycles. The lowest BCUT2D eigenvalue weighted by Gasteiger charge is -2.26. The number of aryl methyl sites for hydroxylation is 2. The summed E-state index contributed by atoms with van der Waals surface area (Å²) in [5.41, 5.74) is 1.38. The van der Waals surface area contributed by atoms with Crippen LogP contribution in [0, 0.1) is 6.92 Å². The van der Waals surface area contributed by atoms with Crippen molar-refractivity contribution in [2.45, 2.75) is 57.4 Å². The van der Waals surface area contributed by atoms with Crippen LogP contribution in [0.3, 0.4) is 0 Å². The predicted molar refractivity (Wildman–Crippen MR) is 111 cm³/mol. The van der Waals surface area contributed by atoms with Gasteiger partial charge in [-0.15, -0.1) is 11.3 Å². The first-order valence-electron chi connectivity index (χ1n) is 9.68. The highest BCUT2D eigenvalue weighted by molar-refractivity contribution is 7.89. The predicted octanol–water partition coefficient (Wildman–Crippen LogP) is 3.16. The van der Waals surface area contributed by atoms with E-state index in [9.17, 15) is 13.2 Å². The van der Waals surface area contributed by atoms with E-state index in [0.717, 1.165) is 25.9 Å². The van der Waals surface area contributed by atoms with E-state index in [1.807, 2.05) is 25.7 Å². The summed E-state index contributed by atoms with van der Waals surface area (Å²) in [4.78, 5) is 20.2. The fraction of sp³-hybridized carbons (Fsp3) is 0.579. The van der Waals surface area contributed by atoms with Crippen LogP contribution in [0.2, 0.25) is 0 Å². The molecule has 0 spiro atoms. The number of rotatable bonds is 6. The zero-order chi connectivity index (χ0) is 20.5. The topological polar surface area (TPSA) is 84.3 Å². The maximum Gasteiger partial charge on any atom is 0.265 e. The lowest BCUT2D eigenvalue weighted by Crippen LogP contribution is -2.35. The SMILES string of the molecule is CC[C@@H](C)NS(=O)(=O)c1cc(-c2nc(C)c(C(=O)N3CCCCC3)s2)n(C)c1. The van der Waals surface area contributed by atoms with Crippen LogP contribution in [0.4, 0.5) is 0 Å². The standard InChI is InChI=1S/C19H28N4O3S2/c1-5-13(2)21-28(25,26)15-11-16(22(4)12-15)18-20-14(3)17(27-18)19(24)23-9-7-6-8-10-23/h11-13,21H,5-10H2,1-4H3/t13-/m1/s1. The van der Waals surface area contributed by atoms with Gasteiger partial charge in [-0.2, -0.15) is 0 Å². The molecule has 0 aliphatic carbocycles. The number of sulfonamides is 1. The number of carbonyl (C=O) groups is 1. The van der Waals surface area contributed by atoms with Crippen molar-refractivity contribution in [3.8, 4) is 10.7 Å². The minimum Gasteiger partial charge on any atom is -0.347 e. The Morgan fingerprint density at radius 1 is 1.32 bits per heavy atom. The molecule has 3 heterocycles. The van der Waals surface area contributed by atoms with Crippen molar-refractivity contribution < 1.29 is 13.2 Å². The molecule has 3 rings (SSSR count). The summed E-state index contributed by atoms with van der Waals surface area (Å²) in [6.45, 7) is 7.19. The lowest BCUT2D eigenvalue weighted by molar-refractivity contribution is 0.0728. The molecule has 0 radical (unpaired) electrons. The summed E-state index contributed by atoms with van der Waals surface area (Å²) in [6, 6.07) is 1.49. The summed E-state index contributed by atoms with van der Waals surface area (Å²) in [6.07, 6.45) is 5.55. The monoisotopic (exact) mass is 424 g/mol. The highest BCUT2D eigenvalue weighted by Crippen LogP contribution is 2.31. The second kappa shape index (κ2) is 8.34. The summed E-state index contributed by atoms with van der Waals surface area (Å²) >= 11 is 1.33. The van der Waals surface area contributed by atoms with Crippen molar-refractivity contribution in [1.82, 2.24) is 19.2 Å². The van der Waals surface area contributed by atoms with Gasteiger partial charge >= 0.3 is 0 Å².